The molecule has 6 heteroatoms. The summed E-state index contributed by atoms with van der Waals surface area (Å²) in [5.74, 6) is 0.00940. The van der Waals surface area contributed by atoms with Crippen molar-refractivity contribution in [3.63, 3.8) is 0 Å². The van der Waals surface area contributed by atoms with E-state index >= 15 is 0 Å². The van der Waals surface area contributed by atoms with E-state index in [2.05, 4.69) is 17.2 Å². The number of nitrogens with zero attached hydrogens (tertiary/aromatic N) is 2. The molecule has 118 valence electrons. The normalized spacial score (nSPS) is 16.4. The molecule has 0 radical (unpaired) electrons. The number of rotatable bonds is 3. The van der Waals surface area contributed by atoms with Gasteiger partial charge in [-0.3, -0.25) is 9.59 Å². The van der Waals surface area contributed by atoms with Crippen molar-refractivity contribution < 1.29 is 4.79 Å². The largest absolute Gasteiger partial charge is 0.357 e. The highest BCUT2D eigenvalue weighted by molar-refractivity contribution is 6.05. The summed E-state index contributed by atoms with van der Waals surface area (Å²) in [4.78, 5) is 29.7. The van der Waals surface area contributed by atoms with Gasteiger partial charge in [-0.15, -0.1) is 0 Å². The molecule has 3 heterocycles. The maximum Gasteiger partial charge on any atom is 0.274 e. The predicted molar refractivity (Wildman–Crippen MR) is 86.1 cm³/mol. The number of amides is 1. The number of carbonyl (C=O) groups is 1. The molecule has 0 atom stereocenters. The van der Waals surface area contributed by atoms with Crippen molar-refractivity contribution in [2.24, 2.45) is 7.05 Å². The summed E-state index contributed by atoms with van der Waals surface area (Å²) in [5.41, 5.74) is 0.985. The van der Waals surface area contributed by atoms with Crippen molar-refractivity contribution >= 4 is 16.8 Å². The number of aryl methyl sites for hydroxylation is 1. The average Bonchev–Trinajstić information content (AvgIpc) is 3.01. The molecule has 0 aliphatic carbocycles. The molecule has 1 fully saturated rings. The lowest BCUT2D eigenvalue weighted by Crippen LogP contribution is -2.45. The van der Waals surface area contributed by atoms with Crippen molar-refractivity contribution in [1.82, 2.24) is 19.8 Å². The molecule has 3 rings (SSSR count). The van der Waals surface area contributed by atoms with Crippen molar-refractivity contribution in [2.75, 3.05) is 19.6 Å². The molecular weight excluding hydrogens is 280 g/mol. The monoisotopic (exact) mass is 302 g/mol. The molecule has 1 amide bonds. The summed E-state index contributed by atoms with van der Waals surface area (Å²) >= 11 is 0. The van der Waals surface area contributed by atoms with E-state index in [1.165, 1.54) is 4.57 Å². The fourth-order valence-corrected chi connectivity index (χ4v) is 3.19. The second kappa shape index (κ2) is 5.96. The van der Waals surface area contributed by atoms with Gasteiger partial charge in [0.1, 0.15) is 5.52 Å². The third-order valence-corrected chi connectivity index (χ3v) is 4.40. The molecule has 0 bridgehead atoms. The number of nitrogens with one attached hydrogen (secondary N) is 2. The van der Waals surface area contributed by atoms with Crippen molar-refractivity contribution in [3.05, 3.63) is 34.4 Å². The predicted octanol–water partition coefficient (Wildman–Crippen LogP) is 1.08. The highest BCUT2D eigenvalue weighted by Gasteiger charge is 2.25. The fourth-order valence-electron chi connectivity index (χ4n) is 3.19. The molecule has 2 N–H and O–H groups in total. The van der Waals surface area contributed by atoms with Crippen LogP contribution in [0.3, 0.4) is 0 Å². The molecule has 0 spiro atoms. The molecule has 2 aromatic heterocycles. The van der Waals surface area contributed by atoms with Gasteiger partial charge in [-0.1, -0.05) is 6.92 Å². The number of piperidine rings is 1. The van der Waals surface area contributed by atoms with Crippen LogP contribution < -0.4 is 10.9 Å². The second-order valence-corrected chi connectivity index (χ2v) is 5.85. The molecule has 0 saturated carbocycles. The Bertz CT molecular complexity index is 738. The van der Waals surface area contributed by atoms with Gasteiger partial charge in [0.15, 0.2) is 0 Å². The molecule has 2 aromatic rings. The standard InChI is InChI=1S/C16H22N4O2/c1-3-17-11-5-8-20(9-6-11)15(21)13-10-19(2)16(22)14-12(13)4-7-18-14/h4,7,10-11,17-18H,3,5-6,8-9H2,1-2H3. The summed E-state index contributed by atoms with van der Waals surface area (Å²) in [7, 11) is 1.68. The summed E-state index contributed by atoms with van der Waals surface area (Å²) in [6.07, 6.45) is 5.31. The van der Waals surface area contributed by atoms with Crippen molar-refractivity contribution in [3.8, 4) is 0 Å². The first kappa shape index (κ1) is 14.8. The first-order valence-electron chi connectivity index (χ1n) is 7.81. The van der Waals surface area contributed by atoms with E-state index in [0.717, 1.165) is 32.5 Å². The quantitative estimate of drug-likeness (QED) is 0.891. The minimum absolute atomic E-state index is 0.00940. The maximum atomic E-state index is 12.8. The van der Waals surface area contributed by atoms with E-state index in [0.29, 0.717) is 22.5 Å². The Balaban J connectivity index is 1.86. The highest BCUT2D eigenvalue weighted by Crippen LogP contribution is 2.19. The Morgan fingerprint density at radius 2 is 2.14 bits per heavy atom. The number of aromatic nitrogens is 2. The summed E-state index contributed by atoms with van der Waals surface area (Å²) in [5, 5.41) is 4.15. The number of fused-ring (bicyclic) bond motifs is 1. The lowest BCUT2D eigenvalue weighted by molar-refractivity contribution is 0.0707. The molecule has 1 aliphatic rings. The van der Waals surface area contributed by atoms with E-state index < -0.39 is 0 Å². The summed E-state index contributed by atoms with van der Waals surface area (Å²) < 4.78 is 1.47. The first-order chi connectivity index (χ1) is 10.6. The highest BCUT2D eigenvalue weighted by atomic mass is 16.2. The molecular formula is C16H22N4O2. The fraction of sp³-hybridized carbons (Fsp3) is 0.500. The Hall–Kier alpha value is -2.08. The zero-order chi connectivity index (χ0) is 15.7. The van der Waals surface area contributed by atoms with Crippen LogP contribution in [0.4, 0.5) is 0 Å². The summed E-state index contributed by atoms with van der Waals surface area (Å²) in [6.45, 7) is 4.57. The van der Waals surface area contributed by atoms with Crippen LogP contribution in [-0.2, 0) is 7.05 Å². The molecule has 0 aromatic carbocycles. The Labute approximate surface area is 129 Å². The van der Waals surface area contributed by atoms with Gasteiger partial charge in [-0.2, -0.15) is 0 Å². The van der Waals surface area contributed by atoms with E-state index in [-0.39, 0.29) is 11.5 Å². The Kier molecular flexibility index (Phi) is 4.02. The van der Waals surface area contributed by atoms with E-state index in [1.807, 2.05) is 4.90 Å². The molecule has 6 nitrogen and oxygen atoms in total. The smallest absolute Gasteiger partial charge is 0.274 e. The zero-order valence-corrected chi connectivity index (χ0v) is 13.1. The molecule has 0 unspecified atom stereocenters. The van der Waals surface area contributed by atoms with E-state index in [4.69, 9.17) is 0 Å². The van der Waals surface area contributed by atoms with E-state index in [9.17, 15) is 9.59 Å². The number of carbonyl (C=O) groups excluding carboxylic acids is 1. The van der Waals surface area contributed by atoms with Gasteiger partial charge < -0.3 is 19.8 Å². The van der Waals surface area contributed by atoms with Gasteiger partial charge in [0, 0.05) is 44.0 Å². The van der Waals surface area contributed by atoms with Crippen LogP contribution in [0.2, 0.25) is 0 Å². The number of aromatic amines is 1. The minimum atomic E-state index is -0.109. The van der Waals surface area contributed by atoms with Gasteiger partial charge in [-0.05, 0) is 25.5 Å². The molecule has 1 aliphatic heterocycles. The number of H-pyrrole nitrogens is 1. The number of pyridine rings is 1. The lowest BCUT2D eigenvalue weighted by Gasteiger charge is -2.32. The van der Waals surface area contributed by atoms with Gasteiger partial charge >= 0.3 is 0 Å². The topological polar surface area (TPSA) is 70.1 Å². The molecule has 1 saturated heterocycles. The third kappa shape index (κ3) is 2.54. The average molecular weight is 302 g/mol. The van der Waals surface area contributed by atoms with Gasteiger partial charge in [0.25, 0.3) is 11.5 Å². The number of likely N-dealkylation sites (tertiary alicyclic amines) is 1. The van der Waals surface area contributed by atoms with Crippen LogP contribution in [0, 0.1) is 0 Å². The number of hydrogen-bond acceptors (Lipinski definition) is 3. The third-order valence-electron chi connectivity index (χ3n) is 4.40. The zero-order valence-electron chi connectivity index (χ0n) is 13.1. The van der Waals surface area contributed by atoms with Crippen LogP contribution >= 0.6 is 0 Å². The first-order valence-corrected chi connectivity index (χ1v) is 7.81. The Morgan fingerprint density at radius 3 is 2.82 bits per heavy atom. The molecule has 22 heavy (non-hydrogen) atoms. The van der Waals surface area contributed by atoms with Gasteiger partial charge in [-0.25, -0.2) is 0 Å². The minimum Gasteiger partial charge on any atom is -0.357 e. The van der Waals surface area contributed by atoms with Crippen molar-refractivity contribution in [1.29, 1.82) is 0 Å². The summed E-state index contributed by atoms with van der Waals surface area (Å²) in [6, 6.07) is 2.30. The number of hydrogen-bond donors (Lipinski definition) is 2. The Morgan fingerprint density at radius 1 is 1.41 bits per heavy atom. The van der Waals surface area contributed by atoms with Gasteiger partial charge in [0.2, 0.25) is 0 Å². The van der Waals surface area contributed by atoms with Gasteiger partial charge in [0.05, 0.1) is 5.56 Å². The maximum absolute atomic E-state index is 12.8. The van der Waals surface area contributed by atoms with Crippen LogP contribution in [-0.4, -0.2) is 46.0 Å². The second-order valence-electron chi connectivity index (χ2n) is 5.85. The van der Waals surface area contributed by atoms with Crippen molar-refractivity contribution in [2.45, 2.75) is 25.8 Å². The SMILES string of the molecule is CCNC1CCN(C(=O)c2cn(C)c(=O)c3[nH]ccc23)CC1. The van der Waals surface area contributed by atoms with Crippen LogP contribution in [0.25, 0.3) is 10.9 Å². The van der Waals surface area contributed by atoms with Crippen LogP contribution in [0.15, 0.2) is 23.3 Å². The lowest BCUT2D eigenvalue weighted by atomic mass is 10.0. The van der Waals surface area contributed by atoms with Crippen LogP contribution in [0.5, 0.6) is 0 Å². The van der Waals surface area contributed by atoms with Crippen LogP contribution in [0.1, 0.15) is 30.1 Å². The van der Waals surface area contributed by atoms with E-state index in [1.54, 1.807) is 25.5 Å².